The molecule has 0 unspecified atom stereocenters. The second kappa shape index (κ2) is 4.94. The Hall–Kier alpha value is -1.81. The zero-order valence-corrected chi connectivity index (χ0v) is 11.6. The van der Waals surface area contributed by atoms with E-state index >= 15 is 0 Å². The lowest BCUT2D eigenvalue weighted by Crippen LogP contribution is -2.33. The lowest BCUT2D eigenvalue weighted by atomic mass is 10.2. The van der Waals surface area contributed by atoms with Gasteiger partial charge in [-0.25, -0.2) is 4.98 Å². The van der Waals surface area contributed by atoms with Crippen LogP contribution in [0, 0.1) is 0 Å². The first kappa shape index (κ1) is 12.0. The van der Waals surface area contributed by atoms with Gasteiger partial charge in [0.1, 0.15) is 5.82 Å². The predicted molar refractivity (Wildman–Crippen MR) is 79.6 cm³/mol. The topological polar surface area (TPSA) is 33.1 Å². The van der Waals surface area contributed by atoms with Gasteiger partial charge >= 0.3 is 0 Å². The zero-order valence-electron chi connectivity index (χ0n) is 11.6. The van der Waals surface area contributed by atoms with Crippen LogP contribution >= 0.6 is 0 Å². The maximum absolute atomic E-state index is 4.42. The van der Waals surface area contributed by atoms with Gasteiger partial charge in [-0.15, -0.1) is 0 Å². The fourth-order valence-corrected chi connectivity index (χ4v) is 2.77. The van der Waals surface area contributed by atoms with Crippen LogP contribution in [0.5, 0.6) is 0 Å². The van der Waals surface area contributed by atoms with E-state index in [0.29, 0.717) is 0 Å². The number of aromatic nitrogens is 2. The zero-order chi connectivity index (χ0) is 13.4. The van der Waals surface area contributed by atoms with Gasteiger partial charge in [-0.1, -0.05) is 12.1 Å². The van der Waals surface area contributed by atoms with Gasteiger partial charge in [0.2, 0.25) is 0 Å². The van der Waals surface area contributed by atoms with Crippen molar-refractivity contribution in [3.63, 3.8) is 0 Å². The summed E-state index contributed by atoms with van der Waals surface area (Å²) in [6, 6.07) is 9.73. The van der Waals surface area contributed by atoms with Crippen molar-refractivity contribution in [2.24, 2.45) is 0 Å². The summed E-state index contributed by atoms with van der Waals surface area (Å²) in [7, 11) is 0. The molecule has 2 aromatic rings. The quantitative estimate of drug-likeness (QED) is 0.922. The number of nitrogens with zero attached hydrogens (tertiary/aromatic N) is 3. The van der Waals surface area contributed by atoms with Crippen LogP contribution in [0.1, 0.15) is 24.2 Å². The van der Waals surface area contributed by atoms with Gasteiger partial charge in [0.15, 0.2) is 0 Å². The Morgan fingerprint density at radius 1 is 1.15 bits per heavy atom. The van der Waals surface area contributed by atoms with Crippen molar-refractivity contribution in [3.05, 3.63) is 48.0 Å². The molecule has 2 aliphatic rings. The number of benzene rings is 1. The molecule has 20 heavy (non-hydrogen) atoms. The fraction of sp³-hybridized carbons (Fsp3) is 0.438. The molecule has 4 rings (SSSR count). The Bertz CT molecular complexity index is 583. The van der Waals surface area contributed by atoms with E-state index in [4.69, 9.17) is 0 Å². The van der Waals surface area contributed by atoms with Crippen LogP contribution in [0.3, 0.4) is 0 Å². The average molecular weight is 268 g/mol. The summed E-state index contributed by atoms with van der Waals surface area (Å²) in [5, 5.41) is 3.55. The molecule has 0 amide bonds. The third kappa shape index (κ3) is 2.43. The lowest BCUT2D eigenvalue weighted by Gasteiger charge is -2.29. The molecule has 4 nitrogen and oxygen atoms in total. The molecule has 4 heteroatoms. The van der Waals surface area contributed by atoms with Crippen LogP contribution in [0.25, 0.3) is 0 Å². The largest absolute Gasteiger partial charge is 0.362 e. The standard InChI is InChI=1S/C16H20N4/c1-5-15(6-2-13(1)11-18-14-3-4-14)20-10-9-19-8-7-17-16(19)12-20/h1-2,5-8,14,18H,3-4,9-12H2. The molecule has 1 aromatic carbocycles. The molecule has 0 atom stereocenters. The van der Waals surface area contributed by atoms with E-state index < -0.39 is 0 Å². The molecule has 1 aliphatic carbocycles. The molecule has 0 spiro atoms. The molecule has 1 fully saturated rings. The molecule has 0 saturated heterocycles. The first-order valence-corrected chi connectivity index (χ1v) is 7.46. The highest BCUT2D eigenvalue weighted by Gasteiger charge is 2.20. The SMILES string of the molecule is c1cn2c(n1)CN(c1ccc(CNC3CC3)cc1)CC2. The highest BCUT2D eigenvalue weighted by molar-refractivity contribution is 5.48. The molecule has 2 heterocycles. The molecule has 0 bridgehead atoms. The number of imidazole rings is 1. The molecule has 1 aliphatic heterocycles. The second-order valence-corrected chi connectivity index (χ2v) is 5.78. The number of hydrogen-bond donors (Lipinski definition) is 1. The van der Waals surface area contributed by atoms with E-state index in [0.717, 1.165) is 38.0 Å². The van der Waals surface area contributed by atoms with Gasteiger partial charge in [-0.3, -0.25) is 0 Å². The Morgan fingerprint density at radius 2 is 2.00 bits per heavy atom. The number of anilines is 1. The number of rotatable bonds is 4. The molecule has 1 aromatic heterocycles. The maximum atomic E-state index is 4.42. The summed E-state index contributed by atoms with van der Waals surface area (Å²) < 4.78 is 2.24. The van der Waals surface area contributed by atoms with Gasteiger partial charge in [-0.05, 0) is 30.5 Å². The van der Waals surface area contributed by atoms with Crippen LogP contribution in [-0.4, -0.2) is 22.1 Å². The van der Waals surface area contributed by atoms with Crippen molar-refractivity contribution in [2.75, 3.05) is 11.4 Å². The number of nitrogens with one attached hydrogen (secondary N) is 1. The van der Waals surface area contributed by atoms with Crippen molar-refractivity contribution in [2.45, 2.75) is 38.5 Å². The van der Waals surface area contributed by atoms with Crippen molar-refractivity contribution in [1.82, 2.24) is 14.9 Å². The van der Waals surface area contributed by atoms with E-state index in [9.17, 15) is 0 Å². The van der Waals surface area contributed by atoms with Crippen LogP contribution in [0.2, 0.25) is 0 Å². The average Bonchev–Trinajstić information content (AvgIpc) is 3.21. The van der Waals surface area contributed by atoms with Gasteiger partial charge in [0, 0.05) is 43.8 Å². The van der Waals surface area contributed by atoms with Crippen molar-refractivity contribution >= 4 is 5.69 Å². The van der Waals surface area contributed by atoms with Gasteiger partial charge < -0.3 is 14.8 Å². The number of hydrogen-bond acceptors (Lipinski definition) is 3. The first-order valence-electron chi connectivity index (χ1n) is 7.46. The summed E-state index contributed by atoms with van der Waals surface area (Å²) in [4.78, 5) is 6.82. The Labute approximate surface area is 119 Å². The fourth-order valence-electron chi connectivity index (χ4n) is 2.77. The lowest BCUT2D eigenvalue weighted by molar-refractivity contribution is 0.560. The van der Waals surface area contributed by atoms with E-state index in [1.165, 1.54) is 24.1 Å². The predicted octanol–water partition coefficient (Wildman–Crippen LogP) is 2.16. The van der Waals surface area contributed by atoms with Crippen LogP contribution in [0.15, 0.2) is 36.7 Å². The molecular formula is C16H20N4. The van der Waals surface area contributed by atoms with E-state index in [2.05, 4.69) is 50.2 Å². The Balaban J connectivity index is 1.43. The van der Waals surface area contributed by atoms with E-state index in [1.54, 1.807) is 0 Å². The normalized spacial score (nSPS) is 18.1. The minimum Gasteiger partial charge on any atom is -0.362 e. The summed E-state index contributed by atoms with van der Waals surface area (Å²) in [6.07, 6.45) is 6.65. The van der Waals surface area contributed by atoms with Gasteiger partial charge in [0.05, 0.1) is 6.54 Å². The van der Waals surface area contributed by atoms with Crippen molar-refractivity contribution in [1.29, 1.82) is 0 Å². The third-order valence-electron chi connectivity index (χ3n) is 4.22. The minimum atomic E-state index is 0.774. The van der Waals surface area contributed by atoms with Crippen LogP contribution in [0.4, 0.5) is 5.69 Å². The molecule has 1 saturated carbocycles. The third-order valence-corrected chi connectivity index (χ3v) is 4.22. The Kier molecular flexibility index (Phi) is 2.96. The van der Waals surface area contributed by atoms with Gasteiger partial charge in [0.25, 0.3) is 0 Å². The molecular weight excluding hydrogens is 248 g/mol. The molecule has 0 radical (unpaired) electrons. The first-order chi connectivity index (χ1) is 9.88. The van der Waals surface area contributed by atoms with Crippen molar-refractivity contribution in [3.8, 4) is 0 Å². The highest BCUT2D eigenvalue weighted by Crippen LogP contribution is 2.22. The van der Waals surface area contributed by atoms with Crippen molar-refractivity contribution < 1.29 is 0 Å². The van der Waals surface area contributed by atoms with Gasteiger partial charge in [-0.2, -0.15) is 0 Å². The molecule has 1 N–H and O–H groups in total. The summed E-state index contributed by atoms with van der Waals surface area (Å²) in [5.41, 5.74) is 2.67. The summed E-state index contributed by atoms with van der Waals surface area (Å²) in [5.74, 6) is 1.16. The summed E-state index contributed by atoms with van der Waals surface area (Å²) in [6.45, 7) is 3.99. The van der Waals surface area contributed by atoms with E-state index in [-0.39, 0.29) is 0 Å². The maximum Gasteiger partial charge on any atom is 0.128 e. The van der Waals surface area contributed by atoms with Crippen LogP contribution < -0.4 is 10.2 Å². The molecule has 104 valence electrons. The smallest absolute Gasteiger partial charge is 0.128 e. The van der Waals surface area contributed by atoms with E-state index in [1.807, 2.05) is 6.20 Å². The minimum absolute atomic E-state index is 0.774. The number of fused-ring (bicyclic) bond motifs is 1. The Morgan fingerprint density at radius 3 is 2.80 bits per heavy atom. The van der Waals surface area contributed by atoms with Crippen LogP contribution in [-0.2, 0) is 19.6 Å². The summed E-state index contributed by atoms with van der Waals surface area (Å²) >= 11 is 0. The monoisotopic (exact) mass is 268 g/mol. The highest BCUT2D eigenvalue weighted by atomic mass is 15.2. The second-order valence-electron chi connectivity index (χ2n) is 5.78.